The normalized spacial score (nSPS) is 12.0. The summed E-state index contributed by atoms with van der Waals surface area (Å²) in [4.78, 5) is 7.70. The van der Waals surface area contributed by atoms with Crippen LogP contribution in [0.2, 0.25) is 10.0 Å². The smallest absolute Gasteiger partial charge is 0.175 e. The number of imidazole rings is 1. The molecule has 3 aromatic rings. The van der Waals surface area contributed by atoms with E-state index in [0.717, 1.165) is 6.26 Å². The number of hydrogen-bond donors (Lipinski definition) is 1. The van der Waals surface area contributed by atoms with Gasteiger partial charge in [0.15, 0.2) is 9.84 Å². The second-order valence-electron chi connectivity index (χ2n) is 4.63. The Hall–Kier alpha value is -1.56. The van der Waals surface area contributed by atoms with Gasteiger partial charge in [0.2, 0.25) is 0 Å². The number of hydrogen-bond acceptors (Lipinski definition) is 3. The van der Waals surface area contributed by atoms with Gasteiger partial charge in [-0.2, -0.15) is 0 Å². The number of nitrogens with one attached hydrogen (secondary N) is 1. The molecule has 0 radical (unpaired) electrons. The minimum Gasteiger partial charge on any atom is -0.338 e. The van der Waals surface area contributed by atoms with Crippen molar-refractivity contribution in [3.63, 3.8) is 0 Å². The number of sulfone groups is 1. The Balaban J connectivity index is 2.23. The van der Waals surface area contributed by atoms with E-state index in [4.69, 9.17) is 23.2 Å². The van der Waals surface area contributed by atoms with E-state index in [-0.39, 0.29) is 4.90 Å². The molecule has 0 amide bonds. The van der Waals surface area contributed by atoms with E-state index in [0.29, 0.717) is 32.5 Å². The van der Waals surface area contributed by atoms with Gasteiger partial charge in [-0.25, -0.2) is 13.4 Å². The Morgan fingerprint density at radius 2 is 1.76 bits per heavy atom. The molecule has 0 aliphatic heterocycles. The van der Waals surface area contributed by atoms with Crippen molar-refractivity contribution in [1.29, 1.82) is 0 Å². The summed E-state index contributed by atoms with van der Waals surface area (Å²) in [6, 6.07) is 9.91. The molecule has 2 aromatic carbocycles. The van der Waals surface area contributed by atoms with Crippen LogP contribution in [0, 0.1) is 0 Å². The van der Waals surface area contributed by atoms with Gasteiger partial charge in [0, 0.05) is 6.26 Å². The first kappa shape index (κ1) is 14.4. The van der Waals surface area contributed by atoms with Crippen molar-refractivity contribution >= 4 is 44.1 Å². The maximum Gasteiger partial charge on any atom is 0.175 e. The highest BCUT2D eigenvalue weighted by Crippen LogP contribution is 2.34. The summed E-state index contributed by atoms with van der Waals surface area (Å²) in [5.41, 5.74) is 1.86. The maximum absolute atomic E-state index is 11.6. The number of halogens is 2. The predicted molar refractivity (Wildman–Crippen MR) is 84.7 cm³/mol. The molecule has 0 aliphatic rings. The van der Waals surface area contributed by atoms with E-state index in [1.165, 1.54) is 6.07 Å². The zero-order chi connectivity index (χ0) is 15.2. The lowest BCUT2D eigenvalue weighted by atomic mass is 10.2. The summed E-state index contributed by atoms with van der Waals surface area (Å²) in [6.45, 7) is 0. The van der Waals surface area contributed by atoms with Gasteiger partial charge < -0.3 is 4.98 Å². The molecule has 0 unspecified atom stereocenters. The molecule has 0 saturated heterocycles. The average Bonchev–Trinajstić information content (AvgIpc) is 2.79. The highest BCUT2D eigenvalue weighted by atomic mass is 35.5. The lowest BCUT2D eigenvalue weighted by Gasteiger charge is -2.02. The predicted octanol–water partition coefficient (Wildman–Crippen LogP) is 3.94. The minimum absolute atomic E-state index is 0.232. The molecule has 3 rings (SSSR count). The highest BCUT2D eigenvalue weighted by molar-refractivity contribution is 7.90. The molecule has 0 fully saturated rings. The van der Waals surface area contributed by atoms with E-state index in [1.807, 2.05) is 0 Å². The molecule has 1 N–H and O–H groups in total. The quantitative estimate of drug-likeness (QED) is 0.768. The minimum atomic E-state index is -3.27. The van der Waals surface area contributed by atoms with Crippen molar-refractivity contribution < 1.29 is 8.42 Å². The van der Waals surface area contributed by atoms with Crippen LogP contribution in [-0.4, -0.2) is 24.6 Å². The molecule has 108 valence electrons. The van der Waals surface area contributed by atoms with Crippen LogP contribution in [0.1, 0.15) is 0 Å². The average molecular weight is 341 g/mol. The van der Waals surface area contributed by atoms with Gasteiger partial charge in [0.25, 0.3) is 0 Å². The van der Waals surface area contributed by atoms with Gasteiger partial charge >= 0.3 is 0 Å². The third-order valence-electron chi connectivity index (χ3n) is 3.08. The van der Waals surface area contributed by atoms with Gasteiger partial charge in [-0.3, -0.25) is 0 Å². The molecular weight excluding hydrogens is 331 g/mol. The molecular formula is C14H10Cl2N2O2S. The number of aromatic amines is 1. The highest BCUT2D eigenvalue weighted by Gasteiger charge is 2.14. The van der Waals surface area contributed by atoms with Crippen LogP contribution in [0.25, 0.3) is 22.4 Å². The van der Waals surface area contributed by atoms with E-state index in [1.54, 1.807) is 30.3 Å². The molecule has 0 spiro atoms. The Bertz CT molecular complexity index is 929. The number of nitrogens with zero attached hydrogens (tertiary/aromatic N) is 1. The van der Waals surface area contributed by atoms with Crippen molar-refractivity contribution in [2.75, 3.05) is 6.26 Å². The van der Waals surface area contributed by atoms with E-state index < -0.39 is 9.84 Å². The summed E-state index contributed by atoms with van der Waals surface area (Å²) in [5.74, 6) is 0.506. The maximum atomic E-state index is 11.6. The second-order valence-corrected chi connectivity index (χ2v) is 7.46. The Morgan fingerprint density at radius 3 is 2.38 bits per heavy atom. The summed E-state index contributed by atoms with van der Waals surface area (Å²) < 4.78 is 23.2. The first-order chi connectivity index (χ1) is 9.86. The lowest BCUT2D eigenvalue weighted by molar-refractivity contribution is 0.602. The number of fused-ring (bicyclic) bond motifs is 1. The van der Waals surface area contributed by atoms with Crippen LogP contribution in [0.4, 0.5) is 0 Å². The number of H-pyrrole nitrogens is 1. The number of rotatable bonds is 2. The van der Waals surface area contributed by atoms with Gasteiger partial charge in [-0.15, -0.1) is 0 Å². The Morgan fingerprint density at radius 1 is 1.10 bits per heavy atom. The van der Waals surface area contributed by atoms with Crippen molar-refractivity contribution in [1.82, 2.24) is 9.97 Å². The summed E-state index contributed by atoms with van der Waals surface area (Å²) in [6.07, 6.45) is 1.16. The topological polar surface area (TPSA) is 62.8 Å². The number of aromatic nitrogens is 2. The molecule has 21 heavy (non-hydrogen) atoms. The van der Waals surface area contributed by atoms with Crippen molar-refractivity contribution in [2.24, 2.45) is 0 Å². The summed E-state index contributed by atoms with van der Waals surface area (Å²) in [7, 11) is -3.27. The molecule has 1 heterocycles. The molecule has 1 aromatic heterocycles. The van der Waals surface area contributed by atoms with Gasteiger partial charge in [-0.05, 0) is 30.3 Å². The Kier molecular flexibility index (Phi) is 3.43. The first-order valence-corrected chi connectivity index (χ1v) is 8.65. The number of benzene rings is 2. The Labute approximate surface area is 131 Å². The zero-order valence-corrected chi connectivity index (χ0v) is 13.2. The lowest BCUT2D eigenvalue weighted by Crippen LogP contribution is -1.96. The van der Waals surface area contributed by atoms with Crippen LogP contribution in [0.15, 0.2) is 41.3 Å². The van der Waals surface area contributed by atoms with Gasteiger partial charge in [0.1, 0.15) is 5.82 Å². The fourth-order valence-corrected chi connectivity index (χ4v) is 3.29. The molecule has 0 atom stereocenters. The second kappa shape index (κ2) is 5.02. The standard InChI is InChI=1S/C14H10Cl2N2O2S/c1-21(19,20)8-5-6-11-12(7-8)18-14(17-11)13-9(15)3-2-4-10(13)16/h2-7H,1H3,(H,17,18). The first-order valence-electron chi connectivity index (χ1n) is 6.00. The van der Waals surface area contributed by atoms with E-state index >= 15 is 0 Å². The van der Waals surface area contributed by atoms with Crippen molar-refractivity contribution in [2.45, 2.75) is 4.90 Å². The fraction of sp³-hybridized carbons (Fsp3) is 0.0714. The largest absolute Gasteiger partial charge is 0.338 e. The molecule has 0 bridgehead atoms. The van der Waals surface area contributed by atoms with E-state index in [9.17, 15) is 8.42 Å². The molecule has 0 saturated carbocycles. The molecule has 7 heteroatoms. The third kappa shape index (κ3) is 2.64. The van der Waals surface area contributed by atoms with Crippen LogP contribution in [0.5, 0.6) is 0 Å². The monoisotopic (exact) mass is 340 g/mol. The molecule has 0 aliphatic carbocycles. The van der Waals surface area contributed by atoms with Crippen LogP contribution >= 0.6 is 23.2 Å². The fourth-order valence-electron chi connectivity index (χ4n) is 2.06. The van der Waals surface area contributed by atoms with Crippen molar-refractivity contribution in [3.05, 3.63) is 46.4 Å². The van der Waals surface area contributed by atoms with E-state index in [2.05, 4.69) is 9.97 Å². The van der Waals surface area contributed by atoms with Crippen LogP contribution < -0.4 is 0 Å². The summed E-state index contributed by atoms with van der Waals surface area (Å²) in [5, 5.41) is 0.954. The van der Waals surface area contributed by atoms with Gasteiger partial charge in [0.05, 0.1) is 31.5 Å². The zero-order valence-electron chi connectivity index (χ0n) is 10.9. The molecule has 4 nitrogen and oxygen atoms in total. The summed E-state index contributed by atoms with van der Waals surface area (Å²) >= 11 is 12.3. The SMILES string of the molecule is CS(=O)(=O)c1ccc2nc(-c3c(Cl)cccc3Cl)[nH]c2c1. The van der Waals surface area contributed by atoms with Crippen LogP contribution in [-0.2, 0) is 9.84 Å². The third-order valence-corrected chi connectivity index (χ3v) is 4.82. The van der Waals surface area contributed by atoms with Crippen molar-refractivity contribution in [3.8, 4) is 11.4 Å². The van der Waals surface area contributed by atoms with Gasteiger partial charge in [-0.1, -0.05) is 29.3 Å². The van der Waals surface area contributed by atoms with Crippen LogP contribution in [0.3, 0.4) is 0 Å².